The first-order valence-electron chi connectivity index (χ1n) is 9.37. The average molecular weight is 363 g/mol. The lowest BCUT2D eigenvalue weighted by atomic mass is 9.96. The predicted octanol–water partition coefficient (Wildman–Crippen LogP) is 1.59. The van der Waals surface area contributed by atoms with Crippen LogP contribution in [-0.4, -0.2) is 62.6 Å². The number of carbonyl (C=O) groups is 1. The van der Waals surface area contributed by atoms with Gasteiger partial charge in [-0.25, -0.2) is 0 Å². The van der Waals surface area contributed by atoms with Crippen molar-refractivity contribution < 1.29 is 4.79 Å². The number of benzene rings is 1. The van der Waals surface area contributed by atoms with Crippen molar-refractivity contribution in [1.82, 2.24) is 30.5 Å². The standard InChI is InChI=1S/C19H21N7O/c1-25(19(27)13-6-7-16-17(8-13)22-24-21-16)14-10-26(11-14)18-9-12-4-2-3-5-15(12)20-23-18/h6-9,14H,2-5,10-11H2,1H3,(H,21,22,24). The Morgan fingerprint density at radius 2 is 1.93 bits per heavy atom. The van der Waals surface area contributed by atoms with Crippen LogP contribution in [0.1, 0.15) is 34.5 Å². The Balaban J connectivity index is 1.26. The van der Waals surface area contributed by atoms with Gasteiger partial charge in [-0.1, -0.05) is 0 Å². The lowest BCUT2D eigenvalue weighted by molar-refractivity contribution is 0.0705. The van der Waals surface area contributed by atoms with E-state index >= 15 is 0 Å². The van der Waals surface area contributed by atoms with E-state index in [2.05, 4.69) is 36.6 Å². The highest BCUT2D eigenvalue weighted by Crippen LogP contribution is 2.26. The second-order valence-electron chi connectivity index (χ2n) is 7.38. The molecular weight excluding hydrogens is 342 g/mol. The summed E-state index contributed by atoms with van der Waals surface area (Å²) >= 11 is 0. The number of aromatic nitrogens is 5. The van der Waals surface area contributed by atoms with E-state index in [9.17, 15) is 4.79 Å². The molecule has 1 amide bonds. The molecular formula is C19H21N7O. The lowest BCUT2D eigenvalue weighted by Crippen LogP contribution is -2.60. The van der Waals surface area contributed by atoms with Gasteiger partial charge in [0.15, 0.2) is 5.82 Å². The summed E-state index contributed by atoms with van der Waals surface area (Å²) in [6.07, 6.45) is 4.57. The first-order chi connectivity index (χ1) is 13.2. The summed E-state index contributed by atoms with van der Waals surface area (Å²) in [6, 6.07) is 7.75. The van der Waals surface area contributed by atoms with Crippen LogP contribution >= 0.6 is 0 Å². The minimum atomic E-state index is 0.000995. The Bertz CT molecular complexity index is 1010. The number of fused-ring (bicyclic) bond motifs is 2. The van der Waals surface area contributed by atoms with Crippen LogP contribution in [-0.2, 0) is 12.8 Å². The van der Waals surface area contributed by atoms with Gasteiger partial charge in [-0.2, -0.15) is 20.5 Å². The third-order valence-electron chi connectivity index (χ3n) is 5.67. The van der Waals surface area contributed by atoms with Crippen molar-refractivity contribution in [2.75, 3.05) is 25.0 Å². The van der Waals surface area contributed by atoms with Crippen molar-refractivity contribution in [1.29, 1.82) is 0 Å². The number of aryl methyl sites for hydroxylation is 2. The number of nitrogens with zero attached hydrogens (tertiary/aromatic N) is 6. The van der Waals surface area contributed by atoms with Crippen molar-refractivity contribution in [3.05, 3.63) is 41.1 Å². The maximum absolute atomic E-state index is 12.8. The molecule has 5 rings (SSSR count). The van der Waals surface area contributed by atoms with Gasteiger partial charge in [0.05, 0.1) is 11.7 Å². The largest absolute Gasteiger partial charge is 0.351 e. The van der Waals surface area contributed by atoms with Crippen LogP contribution in [0.5, 0.6) is 0 Å². The first-order valence-corrected chi connectivity index (χ1v) is 9.37. The molecule has 0 saturated carbocycles. The van der Waals surface area contributed by atoms with Crippen molar-refractivity contribution >= 4 is 22.8 Å². The molecule has 0 atom stereocenters. The zero-order valence-corrected chi connectivity index (χ0v) is 15.2. The van der Waals surface area contributed by atoms with Crippen LogP contribution in [0.4, 0.5) is 5.82 Å². The first kappa shape index (κ1) is 16.2. The number of hydrogen-bond donors (Lipinski definition) is 1. The molecule has 138 valence electrons. The molecule has 1 fully saturated rings. The van der Waals surface area contributed by atoms with E-state index in [1.165, 1.54) is 18.4 Å². The van der Waals surface area contributed by atoms with E-state index in [0.717, 1.165) is 43.0 Å². The molecule has 27 heavy (non-hydrogen) atoms. The number of anilines is 1. The molecule has 0 spiro atoms. The second-order valence-corrected chi connectivity index (χ2v) is 7.38. The van der Waals surface area contributed by atoms with E-state index in [0.29, 0.717) is 11.1 Å². The maximum atomic E-state index is 12.8. The minimum absolute atomic E-state index is 0.000995. The molecule has 3 aromatic rings. The maximum Gasteiger partial charge on any atom is 0.254 e. The van der Waals surface area contributed by atoms with Crippen LogP contribution in [0.2, 0.25) is 0 Å². The molecule has 8 heteroatoms. The summed E-state index contributed by atoms with van der Waals surface area (Å²) < 4.78 is 0. The fraction of sp³-hybridized carbons (Fsp3) is 0.421. The van der Waals surface area contributed by atoms with Gasteiger partial charge >= 0.3 is 0 Å². The van der Waals surface area contributed by atoms with Crippen molar-refractivity contribution in [3.8, 4) is 0 Å². The zero-order valence-electron chi connectivity index (χ0n) is 15.2. The Labute approximate surface area is 156 Å². The van der Waals surface area contributed by atoms with Gasteiger partial charge < -0.3 is 9.80 Å². The van der Waals surface area contributed by atoms with Gasteiger partial charge in [0.1, 0.15) is 11.0 Å². The molecule has 8 nitrogen and oxygen atoms in total. The number of carbonyl (C=O) groups excluding carboxylic acids is 1. The predicted molar refractivity (Wildman–Crippen MR) is 101 cm³/mol. The zero-order chi connectivity index (χ0) is 18.4. The number of amides is 1. The lowest BCUT2D eigenvalue weighted by Gasteiger charge is -2.44. The Hall–Kier alpha value is -3.03. The second kappa shape index (κ2) is 6.29. The van der Waals surface area contributed by atoms with Crippen LogP contribution in [0.25, 0.3) is 11.0 Å². The molecule has 1 aromatic carbocycles. The van der Waals surface area contributed by atoms with Gasteiger partial charge in [0.25, 0.3) is 5.91 Å². The molecule has 2 aliphatic rings. The van der Waals surface area contributed by atoms with E-state index in [-0.39, 0.29) is 11.9 Å². The van der Waals surface area contributed by atoms with Gasteiger partial charge in [-0.05, 0) is 55.5 Å². The summed E-state index contributed by atoms with van der Waals surface area (Å²) in [6.45, 7) is 1.56. The summed E-state index contributed by atoms with van der Waals surface area (Å²) in [5, 5.41) is 19.5. The fourth-order valence-corrected chi connectivity index (χ4v) is 3.86. The fourth-order valence-electron chi connectivity index (χ4n) is 3.86. The van der Waals surface area contributed by atoms with E-state index in [1.807, 2.05) is 18.0 Å². The Morgan fingerprint density at radius 1 is 1.11 bits per heavy atom. The van der Waals surface area contributed by atoms with Crippen LogP contribution in [0.15, 0.2) is 24.3 Å². The topological polar surface area (TPSA) is 90.9 Å². The average Bonchev–Trinajstić information content (AvgIpc) is 3.14. The Kier molecular flexibility index (Phi) is 3.77. The molecule has 2 aromatic heterocycles. The number of nitrogens with one attached hydrogen (secondary N) is 1. The van der Waals surface area contributed by atoms with E-state index < -0.39 is 0 Å². The van der Waals surface area contributed by atoms with Gasteiger partial charge in [0, 0.05) is 25.7 Å². The third kappa shape index (κ3) is 2.81. The molecule has 1 N–H and O–H groups in total. The number of likely N-dealkylation sites (N-methyl/N-ethyl adjacent to an activating group) is 1. The van der Waals surface area contributed by atoms with Crippen molar-refractivity contribution in [2.45, 2.75) is 31.7 Å². The smallest absolute Gasteiger partial charge is 0.254 e. The minimum Gasteiger partial charge on any atom is -0.351 e. The van der Waals surface area contributed by atoms with Crippen molar-refractivity contribution in [3.63, 3.8) is 0 Å². The highest BCUT2D eigenvalue weighted by molar-refractivity contribution is 5.97. The number of H-pyrrole nitrogens is 1. The van der Waals surface area contributed by atoms with Gasteiger partial charge in [-0.3, -0.25) is 4.79 Å². The molecule has 1 aliphatic heterocycles. The quantitative estimate of drug-likeness (QED) is 0.760. The SMILES string of the molecule is CN(C(=O)c1ccc2n[nH]nc2c1)C1CN(c2cc3c(nn2)CCCC3)C1. The number of aromatic amines is 1. The third-order valence-corrected chi connectivity index (χ3v) is 5.67. The molecule has 0 bridgehead atoms. The molecule has 0 radical (unpaired) electrons. The molecule has 0 unspecified atom stereocenters. The van der Waals surface area contributed by atoms with Gasteiger partial charge in [0.2, 0.25) is 0 Å². The van der Waals surface area contributed by atoms with Crippen LogP contribution in [0, 0.1) is 0 Å². The van der Waals surface area contributed by atoms with Crippen molar-refractivity contribution in [2.24, 2.45) is 0 Å². The monoisotopic (exact) mass is 363 g/mol. The van der Waals surface area contributed by atoms with E-state index in [4.69, 9.17) is 0 Å². The van der Waals surface area contributed by atoms with E-state index in [1.54, 1.807) is 12.1 Å². The summed E-state index contributed by atoms with van der Waals surface area (Å²) in [5.41, 5.74) is 4.58. The molecule has 1 aliphatic carbocycles. The summed E-state index contributed by atoms with van der Waals surface area (Å²) in [7, 11) is 1.86. The summed E-state index contributed by atoms with van der Waals surface area (Å²) in [4.78, 5) is 16.8. The van der Waals surface area contributed by atoms with Crippen LogP contribution < -0.4 is 4.90 Å². The molecule has 1 saturated heterocycles. The van der Waals surface area contributed by atoms with Gasteiger partial charge in [-0.15, -0.1) is 5.10 Å². The number of rotatable bonds is 3. The highest BCUT2D eigenvalue weighted by atomic mass is 16.2. The normalized spacial score (nSPS) is 16.9. The molecule has 3 heterocycles. The highest BCUT2D eigenvalue weighted by Gasteiger charge is 2.34. The summed E-state index contributed by atoms with van der Waals surface area (Å²) in [5.74, 6) is 0.929. The van der Waals surface area contributed by atoms with Crippen LogP contribution in [0.3, 0.4) is 0 Å². The number of hydrogen-bond acceptors (Lipinski definition) is 6. The Morgan fingerprint density at radius 3 is 2.81 bits per heavy atom.